The standard InChI is InChI=1S/C12H26N4O/c1-5-11(17)15-12(2,3)7-6-9-16(4)10-8-14-13/h5,14H,1,6-10,13H2,2-4H3,(H,15,17). The molecule has 0 aliphatic carbocycles. The first-order chi connectivity index (χ1) is 7.91. The number of carbonyl (C=O) groups is 1. The third kappa shape index (κ3) is 8.85. The van der Waals surface area contributed by atoms with Crippen molar-refractivity contribution >= 4 is 5.91 Å². The topological polar surface area (TPSA) is 70.4 Å². The van der Waals surface area contributed by atoms with Crippen molar-refractivity contribution in [1.29, 1.82) is 0 Å². The van der Waals surface area contributed by atoms with Crippen molar-refractivity contribution in [3.63, 3.8) is 0 Å². The molecule has 1 amide bonds. The molecule has 0 saturated heterocycles. The molecule has 0 saturated carbocycles. The van der Waals surface area contributed by atoms with Gasteiger partial charge in [0, 0.05) is 18.6 Å². The molecule has 0 bridgehead atoms. The van der Waals surface area contributed by atoms with Gasteiger partial charge in [-0.05, 0) is 46.4 Å². The first-order valence-electron chi connectivity index (χ1n) is 5.98. The summed E-state index contributed by atoms with van der Waals surface area (Å²) in [6.45, 7) is 10.2. The molecule has 0 radical (unpaired) electrons. The maximum atomic E-state index is 11.2. The molecule has 0 aliphatic rings. The number of amides is 1. The van der Waals surface area contributed by atoms with Gasteiger partial charge in [-0.1, -0.05) is 6.58 Å². The highest BCUT2D eigenvalue weighted by Gasteiger charge is 2.18. The Morgan fingerprint density at radius 1 is 1.47 bits per heavy atom. The van der Waals surface area contributed by atoms with Gasteiger partial charge in [0.2, 0.25) is 5.91 Å². The van der Waals surface area contributed by atoms with E-state index < -0.39 is 0 Å². The van der Waals surface area contributed by atoms with Crippen LogP contribution in [0.25, 0.3) is 0 Å². The van der Waals surface area contributed by atoms with E-state index in [9.17, 15) is 4.79 Å². The Morgan fingerprint density at radius 3 is 2.65 bits per heavy atom. The van der Waals surface area contributed by atoms with Crippen LogP contribution in [0.5, 0.6) is 0 Å². The fourth-order valence-corrected chi connectivity index (χ4v) is 1.61. The Bertz CT molecular complexity index is 241. The molecule has 0 heterocycles. The number of rotatable bonds is 9. The molecule has 5 nitrogen and oxygen atoms in total. The first kappa shape index (κ1) is 16.1. The summed E-state index contributed by atoms with van der Waals surface area (Å²) in [4.78, 5) is 13.4. The molecule has 0 unspecified atom stereocenters. The van der Waals surface area contributed by atoms with Crippen molar-refractivity contribution in [2.45, 2.75) is 32.2 Å². The summed E-state index contributed by atoms with van der Waals surface area (Å²) in [5.74, 6) is 5.10. The van der Waals surface area contributed by atoms with Gasteiger partial charge >= 0.3 is 0 Å². The second-order valence-corrected chi connectivity index (χ2v) is 4.94. The van der Waals surface area contributed by atoms with Crippen LogP contribution in [0.1, 0.15) is 26.7 Å². The average Bonchev–Trinajstić information content (AvgIpc) is 2.25. The fourth-order valence-electron chi connectivity index (χ4n) is 1.61. The van der Waals surface area contributed by atoms with Crippen molar-refractivity contribution < 1.29 is 4.79 Å². The van der Waals surface area contributed by atoms with E-state index in [1.54, 1.807) is 0 Å². The van der Waals surface area contributed by atoms with E-state index in [-0.39, 0.29) is 11.4 Å². The number of hydrazine groups is 1. The minimum Gasteiger partial charge on any atom is -0.348 e. The van der Waals surface area contributed by atoms with Gasteiger partial charge in [0.1, 0.15) is 0 Å². The van der Waals surface area contributed by atoms with Gasteiger partial charge in [0.05, 0.1) is 0 Å². The third-order valence-corrected chi connectivity index (χ3v) is 2.63. The summed E-state index contributed by atoms with van der Waals surface area (Å²) < 4.78 is 0. The lowest BCUT2D eigenvalue weighted by atomic mass is 9.98. The summed E-state index contributed by atoms with van der Waals surface area (Å²) >= 11 is 0. The highest BCUT2D eigenvalue weighted by Crippen LogP contribution is 2.11. The van der Waals surface area contributed by atoms with Crippen molar-refractivity contribution in [1.82, 2.24) is 15.6 Å². The molecule has 5 heteroatoms. The predicted molar refractivity (Wildman–Crippen MR) is 71.3 cm³/mol. The smallest absolute Gasteiger partial charge is 0.243 e. The Hall–Kier alpha value is -0.910. The second kappa shape index (κ2) is 8.22. The minimum absolute atomic E-state index is 0.115. The van der Waals surface area contributed by atoms with E-state index in [4.69, 9.17) is 5.84 Å². The summed E-state index contributed by atoms with van der Waals surface area (Å²) in [5.41, 5.74) is 2.45. The lowest BCUT2D eigenvalue weighted by Crippen LogP contribution is -2.43. The fraction of sp³-hybridized carbons (Fsp3) is 0.750. The van der Waals surface area contributed by atoms with Crippen molar-refractivity contribution in [3.05, 3.63) is 12.7 Å². The molecule has 17 heavy (non-hydrogen) atoms. The molecule has 100 valence electrons. The Labute approximate surface area is 104 Å². The van der Waals surface area contributed by atoms with Crippen LogP contribution >= 0.6 is 0 Å². The number of carbonyl (C=O) groups excluding carboxylic acids is 1. The number of likely N-dealkylation sites (N-methyl/N-ethyl adjacent to an activating group) is 1. The van der Waals surface area contributed by atoms with Gasteiger partial charge in [-0.2, -0.15) is 0 Å². The van der Waals surface area contributed by atoms with Crippen LogP contribution in [-0.4, -0.2) is 43.0 Å². The number of nitrogens with one attached hydrogen (secondary N) is 2. The predicted octanol–water partition coefficient (Wildman–Crippen LogP) is 0.243. The van der Waals surface area contributed by atoms with E-state index in [2.05, 4.69) is 29.3 Å². The Kier molecular flexibility index (Phi) is 7.78. The van der Waals surface area contributed by atoms with Gasteiger partial charge in [-0.25, -0.2) is 0 Å². The summed E-state index contributed by atoms with van der Waals surface area (Å²) in [6, 6.07) is 0. The molecule has 0 aromatic carbocycles. The van der Waals surface area contributed by atoms with Gasteiger partial charge in [0.15, 0.2) is 0 Å². The number of hydrogen-bond acceptors (Lipinski definition) is 4. The highest BCUT2D eigenvalue weighted by molar-refractivity contribution is 5.87. The van der Waals surface area contributed by atoms with Crippen LogP contribution in [0.2, 0.25) is 0 Å². The van der Waals surface area contributed by atoms with E-state index in [1.807, 2.05) is 13.8 Å². The van der Waals surface area contributed by atoms with Gasteiger partial charge < -0.3 is 10.2 Å². The van der Waals surface area contributed by atoms with Gasteiger partial charge in [0.25, 0.3) is 0 Å². The molecule has 0 aromatic heterocycles. The van der Waals surface area contributed by atoms with Crippen LogP contribution in [0.3, 0.4) is 0 Å². The average molecular weight is 242 g/mol. The molecule has 0 aliphatic heterocycles. The zero-order valence-corrected chi connectivity index (χ0v) is 11.3. The molecule has 0 atom stereocenters. The lowest BCUT2D eigenvalue weighted by Gasteiger charge is -2.26. The van der Waals surface area contributed by atoms with E-state index in [1.165, 1.54) is 6.08 Å². The van der Waals surface area contributed by atoms with Crippen molar-refractivity contribution in [2.75, 3.05) is 26.7 Å². The van der Waals surface area contributed by atoms with Crippen LogP contribution in [0.4, 0.5) is 0 Å². The monoisotopic (exact) mass is 242 g/mol. The Balaban J connectivity index is 3.78. The third-order valence-electron chi connectivity index (χ3n) is 2.63. The molecule has 0 fully saturated rings. The van der Waals surface area contributed by atoms with Crippen LogP contribution in [0.15, 0.2) is 12.7 Å². The normalized spacial score (nSPS) is 11.6. The van der Waals surface area contributed by atoms with Gasteiger partial charge in [-0.3, -0.25) is 16.1 Å². The second-order valence-electron chi connectivity index (χ2n) is 4.94. The van der Waals surface area contributed by atoms with Crippen LogP contribution < -0.4 is 16.6 Å². The minimum atomic E-state index is -0.182. The van der Waals surface area contributed by atoms with Gasteiger partial charge in [-0.15, -0.1) is 0 Å². The quantitative estimate of drug-likeness (QED) is 0.308. The number of hydrogen-bond donors (Lipinski definition) is 3. The summed E-state index contributed by atoms with van der Waals surface area (Å²) in [5, 5.41) is 2.91. The molecular weight excluding hydrogens is 216 g/mol. The van der Waals surface area contributed by atoms with Crippen molar-refractivity contribution in [2.24, 2.45) is 5.84 Å². The Morgan fingerprint density at radius 2 is 2.12 bits per heavy atom. The number of nitrogens with zero attached hydrogens (tertiary/aromatic N) is 1. The van der Waals surface area contributed by atoms with E-state index >= 15 is 0 Å². The molecule has 4 N–H and O–H groups in total. The molecule has 0 rings (SSSR count). The largest absolute Gasteiger partial charge is 0.348 e. The summed E-state index contributed by atoms with van der Waals surface area (Å²) in [7, 11) is 2.06. The first-order valence-corrected chi connectivity index (χ1v) is 5.98. The highest BCUT2D eigenvalue weighted by atomic mass is 16.1. The zero-order valence-electron chi connectivity index (χ0n) is 11.3. The van der Waals surface area contributed by atoms with E-state index in [0.29, 0.717) is 0 Å². The molecule has 0 spiro atoms. The maximum absolute atomic E-state index is 11.2. The SMILES string of the molecule is C=CC(=O)NC(C)(C)CCCN(C)CCNN. The van der Waals surface area contributed by atoms with E-state index in [0.717, 1.165) is 32.5 Å². The summed E-state index contributed by atoms with van der Waals surface area (Å²) in [6.07, 6.45) is 3.28. The zero-order chi connectivity index (χ0) is 13.3. The lowest BCUT2D eigenvalue weighted by molar-refractivity contribution is -0.118. The van der Waals surface area contributed by atoms with Crippen LogP contribution in [-0.2, 0) is 4.79 Å². The van der Waals surface area contributed by atoms with Crippen LogP contribution in [0, 0.1) is 0 Å². The molecular formula is C12H26N4O. The van der Waals surface area contributed by atoms with Crippen molar-refractivity contribution in [3.8, 4) is 0 Å². The number of nitrogens with two attached hydrogens (primary N) is 1. The maximum Gasteiger partial charge on any atom is 0.243 e. The molecule has 0 aromatic rings.